The number of hydrogen-bond donors (Lipinski definition) is 0. The third-order valence-electron chi connectivity index (χ3n) is 4.22. The number of benzene rings is 3. The Morgan fingerprint density at radius 2 is 1.48 bits per heavy atom. The van der Waals surface area contributed by atoms with E-state index >= 15 is 0 Å². The minimum absolute atomic E-state index is 0.114. The van der Waals surface area contributed by atoms with Crippen molar-refractivity contribution in [3.63, 3.8) is 0 Å². The summed E-state index contributed by atoms with van der Waals surface area (Å²) in [4.78, 5) is 14.2. The maximum Gasteiger partial charge on any atom is 0.192 e. The molecule has 1 heterocycles. The second kappa shape index (κ2) is 6.83. The minimum Gasteiger partial charge on any atom is -0.289 e. The van der Waals surface area contributed by atoms with Gasteiger partial charge in [0.05, 0.1) is 0 Å². The lowest BCUT2D eigenvalue weighted by molar-refractivity contribution is 1.19. The van der Waals surface area contributed by atoms with Crippen molar-refractivity contribution in [3.8, 4) is 10.4 Å². The molecule has 0 aliphatic carbocycles. The van der Waals surface area contributed by atoms with Gasteiger partial charge in [0.25, 0.3) is 0 Å². The van der Waals surface area contributed by atoms with Crippen LogP contribution in [0.5, 0.6) is 0 Å². The van der Waals surface area contributed by atoms with Crippen molar-refractivity contribution < 1.29 is 0 Å². The smallest absolute Gasteiger partial charge is 0.192 e. The third kappa shape index (κ3) is 3.23. The van der Waals surface area contributed by atoms with Gasteiger partial charge in [-0.2, -0.15) is 0 Å². The van der Waals surface area contributed by atoms with Crippen LogP contribution in [0.3, 0.4) is 0 Å². The summed E-state index contributed by atoms with van der Waals surface area (Å²) in [5.74, 6) is 0. The number of halogens is 1. The van der Waals surface area contributed by atoms with Gasteiger partial charge in [0.1, 0.15) is 0 Å². The van der Waals surface area contributed by atoms with Crippen molar-refractivity contribution in [2.24, 2.45) is 0 Å². The van der Waals surface area contributed by atoms with Crippen LogP contribution in [-0.2, 0) is 6.42 Å². The van der Waals surface area contributed by atoms with E-state index in [1.54, 1.807) is 11.3 Å². The fraction of sp³-hybridized carbons (Fsp3) is 0.0455. The summed E-state index contributed by atoms with van der Waals surface area (Å²) >= 11 is 7.67. The Morgan fingerprint density at radius 1 is 0.800 bits per heavy atom. The average Bonchev–Trinajstić information content (AvgIpc) is 2.66. The van der Waals surface area contributed by atoms with Crippen LogP contribution in [0.2, 0.25) is 5.02 Å². The zero-order valence-corrected chi connectivity index (χ0v) is 15.0. The Morgan fingerprint density at radius 3 is 2.24 bits per heavy atom. The van der Waals surface area contributed by atoms with Gasteiger partial charge in [0.15, 0.2) is 5.43 Å². The van der Waals surface area contributed by atoms with Crippen molar-refractivity contribution in [1.29, 1.82) is 0 Å². The topological polar surface area (TPSA) is 17.1 Å². The highest BCUT2D eigenvalue weighted by Gasteiger charge is 2.14. The van der Waals surface area contributed by atoms with Gasteiger partial charge in [-0.1, -0.05) is 66.2 Å². The maximum atomic E-state index is 13.2. The molecule has 0 saturated heterocycles. The van der Waals surface area contributed by atoms with Gasteiger partial charge in [-0.25, -0.2) is 0 Å². The summed E-state index contributed by atoms with van der Waals surface area (Å²) in [7, 11) is 0. The molecule has 0 aliphatic rings. The molecule has 0 fully saturated rings. The van der Waals surface area contributed by atoms with E-state index in [4.69, 9.17) is 11.6 Å². The molecule has 0 N–H and O–H groups in total. The fourth-order valence-corrected chi connectivity index (χ4v) is 4.28. The molecule has 0 unspecified atom stereocenters. The van der Waals surface area contributed by atoms with E-state index in [2.05, 4.69) is 12.1 Å². The van der Waals surface area contributed by atoms with Crippen molar-refractivity contribution in [2.75, 3.05) is 0 Å². The molecule has 0 bridgehead atoms. The minimum atomic E-state index is 0.114. The SMILES string of the molecule is O=c1c(Cc2ccc(Cl)cc2)c(-c2ccccc2)sc2ccccc12. The molecule has 3 heteroatoms. The van der Waals surface area contributed by atoms with Gasteiger partial charge in [0, 0.05) is 32.0 Å². The molecule has 4 aromatic rings. The number of hydrogen-bond acceptors (Lipinski definition) is 2. The monoisotopic (exact) mass is 362 g/mol. The van der Waals surface area contributed by atoms with Crippen molar-refractivity contribution in [3.05, 3.63) is 105 Å². The summed E-state index contributed by atoms with van der Waals surface area (Å²) in [6, 6.07) is 25.7. The summed E-state index contributed by atoms with van der Waals surface area (Å²) in [6.07, 6.45) is 0.599. The molecule has 25 heavy (non-hydrogen) atoms. The fourth-order valence-electron chi connectivity index (χ4n) is 2.97. The highest BCUT2D eigenvalue weighted by molar-refractivity contribution is 7.21. The first-order chi connectivity index (χ1) is 12.2. The van der Waals surface area contributed by atoms with Crippen LogP contribution in [0.1, 0.15) is 11.1 Å². The largest absolute Gasteiger partial charge is 0.289 e. The molecular formula is C22H15ClOS. The van der Waals surface area contributed by atoms with Gasteiger partial charge >= 0.3 is 0 Å². The first kappa shape index (κ1) is 16.1. The van der Waals surface area contributed by atoms with Crippen LogP contribution in [0.25, 0.3) is 20.5 Å². The first-order valence-electron chi connectivity index (χ1n) is 8.07. The van der Waals surface area contributed by atoms with E-state index in [0.29, 0.717) is 11.4 Å². The van der Waals surface area contributed by atoms with Crippen molar-refractivity contribution in [1.82, 2.24) is 0 Å². The molecule has 0 spiro atoms. The van der Waals surface area contributed by atoms with E-state index in [9.17, 15) is 4.79 Å². The lowest BCUT2D eigenvalue weighted by Crippen LogP contribution is -2.10. The molecular weight excluding hydrogens is 348 g/mol. The molecule has 0 atom stereocenters. The Balaban J connectivity index is 1.95. The van der Waals surface area contributed by atoms with Crippen LogP contribution >= 0.6 is 22.9 Å². The van der Waals surface area contributed by atoms with Crippen LogP contribution in [0, 0.1) is 0 Å². The van der Waals surface area contributed by atoms with E-state index < -0.39 is 0 Å². The van der Waals surface area contributed by atoms with Crippen LogP contribution in [-0.4, -0.2) is 0 Å². The molecule has 0 saturated carbocycles. The van der Waals surface area contributed by atoms with E-state index in [1.165, 1.54) is 0 Å². The molecule has 4 rings (SSSR count). The van der Waals surface area contributed by atoms with Gasteiger partial charge in [0.2, 0.25) is 0 Å². The summed E-state index contributed by atoms with van der Waals surface area (Å²) < 4.78 is 1.02. The summed E-state index contributed by atoms with van der Waals surface area (Å²) in [5.41, 5.74) is 3.13. The summed E-state index contributed by atoms with van der Waals surface area (Å²) in [6.45, 7) is 0. The second-order valence-electron chi connectivity index (χ2n) is 5.90. The predicted molar refractivity (Wildman–Crippen MR) is 108 cm³/mol. The average molecular weight is 363 g/mol. The molecule has 122 valence electrons. The Labute approximate surface area is 155 Å². The predicted octanol–water partition coefficient (Wildman–Crippen LogP) is 6.17. The molecule has 1 aromatic heterocycles. The van der Waals surface area contributed by atoms with Crippen molar-refractivity contribution in [2.45, 2.75) is 6.42 Å². The molecule has 3 aromatic carbocycles. The lowest BCUT2D eigenvalue weighted by atomic mass is 10.0. The quantitative estimate of drug-likeness (QED) is 0.425. The van der Waals surface area contributed by atoms with Gasteiger partial charge in [-0.15, -0.1) is 11.3 Å². The number of rotatable bonds is 3. The van der Waals surface area contributed by atoms with Crippen molar-refractivity contribution >= 4 is 33.0 Å². The highest BCUT2D eigenvalue weighted by Crippen LogP contribution is 2.32. The zero-order chi connectivity index (χ0) is 17.2. The van der Waals surface area contributed by atoms with Gasteiger partial charge in [-0.05, 0) is 35.4 Å². The van der Waals surface area contributed by atoms with Crippen LogP contribution in [0.4, 0.5) is 0 Å². The molecule has 0 aliphatic heterocycles. The van der Waals surface area contributed by atoms with Crippen LogP contribution < -0.4 is 5.43 Å². The first-order valence-corrected chi connectivity index (χ1v) is 9.26. The Kier molecular flexibility index (Phi) is 4.39. The normalized spacial score (nSPS) is 10.9. The standard InChI is InChI=1S/C22H15ClOS/c23-17-12-10-15(11-13-17)14-19-21(24)18-8-4-5-9-20(18)25-22(19)16-6-2-1-3-7-16/h1-13H,14H2. The lowest BCUT2D eigenvalue weighted by Gasteiger charge is -2.11. The molecule has 0 radical (unpaired) electrons. The Bertz CT molecular complexity index is 1080. The second-order valence-corrected chi connectivity index (χ2v) is 7.39. The van der Waals surface area contributed by atoms with E-state index in [-0.39, 0.29) is 5.43 Å². The van der Waals surface area contributed by atoms with Crippen LogP contribution in [0.15, 0.2) is 83.7 Å². The number of fused-ring (bicyclic) bond motifs is 1. The molecule has 1 nitrogen and oxygen atoms in total. The third-order valence-corrected chi connectivity index (χ3v) is 5.74. The Hall–Kier alpha value is -2.42. The highest BCUT2D eigenvalue weighted by atomic mass is 35.5. The van der Waals surface area contributed by atoms with E-state index in [0.717, 1.165) is 31.7 Å². The van der Waals surface area contributed by atoms with Gasteiger partial charge < -0.3 is 0 Å². The molecule has 0 amide bonds. The zero-order valence-electron chi connectivity index (χ0n) is 13.4. The maximum absolute atomic E-state index is 13.2. The summed E-state index contributed by atoms with van der Waals surface area (Å²) in [5, 5.41) is 1.49. The van der Waals surface area contributed by atoms with Gasteiger partial charge in [-0.3, -0.25) is 4.79 Å². The van der Waals surface area contributed by atoms with E-state index in [1.807, 2.05) is 66.7 Å².